The topological polar surface area (TPSA) is 102 Å². The highest BCUT2D eigenvalue weighted by Crippen LogP contribution is 2.45. The van der Waals surface area contributed by atoms with Crippen molar-refractivity contribution in [3.63, 3.8) is 0 Å². The third kappa shape index (κ3) is 5.87. The highest BCUT2D eigenvalue weighted by atomic mass is 35.5. The molecule has 0 saturated carbocycles. The lowest BCUT2D eigenvalue weighted by Crippen LogP contribution is -2.29. The second-order valence-corrected chi connectivity index (χ2v) is 12.9. The Morgan fingerprint density at radius 2 is 1.98 bits per heavy atom. The SMILES string of the molecule is CCCOc1cccc([C@H]2/C(=C(\O)c3ccc4c(c3)C[C@H](C)O4)C(=O)C(=O)N2c2nnc(SCc3ccccc3Cl)s2)c1. The summed E-state index contributed by atoms with van der Waals surface area (Å²) >= 11 is 8.96. The Kier molecular flexibility index (Phi) is 8.43. The minimum absolute atomic E-state index is 0.0196. The first-order valence-corrected chi connectivity index (χ1v) is 16.1. The molecule has 220 valence electrons. The zero-order chi connectivity index (χ0) is 30.1. The van der Waals surface area contributed by atoms with Crippen LogP contribution < -0.4 is 14.4 Å². The number of Topliss-reactive ketones (excluding diaryl/α,β-unsaturated/α-hetero) is 1. The van der Waals surface area contributed by atoms with Gasteiger partial charge in [0.2, 0.25) is 5.13 Å². The quantitative estimate of drug-likeness (QED) is 0.0678. The smallest absolute Gasteiger partial charge is 0.301 e. The van der Waals surface area contributed by atoms with E-state index in [9.17, 15) is 14.7 Å². The Balaban J connectivity index is 1.40. The predicted octanol–water partition coefficient (Wildman–Crippen LogP) is 7.22. The molecule has 43 heavy (non-hydrogen) atoms. The highest BCUT2D eigenvalue weighted by Gasteiger charge is 2.48. The van der Waals surface area contributed by atoms with Crippen LogP contribution >= 0.6 is 34.7 Å². The first-order valence-electron chi connectivity index (χ1n) is 13.9. The zero-order valence-corrected chi connectivity index (χ0v) is 25.8. The molecule has 0 aliphatic carbocycles. The second-order valence-electron chi connectivity index (χ2n) is 10.3. The van der Waals surface area contributed by atoms with Crippen molar-refractivity contribution in [3.8, 4) is 11.5 Å². The molecular weight excluding hydrogens is 606 g/mol. The molecule has 1 fully saturated rings. The molecule has 1 saturated heterocycles. The molecule has 8 nitrogen and oxygen atoms in total. The lowest BCUT2D eigenvalue weighted by Gasteiger charge is -2.23. The average molecular weight is 634 g/mol. The number of fused-ring (bicyclic) bond motifs is 1. The van der Waals surface area contributed by atoms with Gasteiger partial charge in [0.1, 0.15) is 23.4 Å². The molecule has 3 aromatic carbocycles. The first-order chi connectivity index (χ1) is 20.8. The molecule has 0 radical (unpaired) electrons. The summed E-state index contributed by atoms with van der Waals surface area (Å²) in [5.41, 5.74) is 2.90. The summed E-state index contributed by atoms with van der Waals surface area (Å²) < 4.78 is 12.3. The van der Waals surface area contributed by atoms with Crippen LogP contribution in [0.15, 0.2) is 76.6 Å². The van der Waals surface area contributed by atoms with Gasteiger partial charge in [-0.15, -0.1) is 10.2 Å². The Hall–Kier alpha value is -3.86. The summed E-state index contributed by atoms with van der Waals surface area (Å²) in [7, 11) is 0. The van der Waals surface area contributed by atoms with Gasteiger partial charge in [0.15, 0.2) is 4.34 Å². The van der Waals surface area contributed by atoms with Crippen LogP contribution in [0, 0.1) is 0 Å². The van der Waals surface area contributed by atoms with Gasteiger partial charge in [0, 0.05) is 22.8 Å². The standard InChI is InChI=1S/C32H28ClN3O5S2/c1-3-13-40-23-9-6-8-19(16-23)27-26(28(37)20-11-12-25-22(15-20)14-18(2)41-25)29(38)30(39)36(27)31-34-35-32(43-31)42-17-21-7-4-5-10-24(21)33/h4-12,15-16,18,27,37H,3,13-14,17H2,1-2H3/b28-26+/t18-,27-/m0/s1. The van der Waals surface area contributed by atoms with E-state index in [0.29, 0.717) is 45.0 Å². The van der Waals surface area contributed by atoms with E-state index in [1.165, 1.54) is 28.0 Å². The molecule has 3 heterocycles. The number of carbonyl (C=O) groups excluding carboxylic acids is 2. The van der Waals surface area contributed by atoms with Crippen molar-refractivity contribution in [2.75, 3.05) is 11.5 Å². The summed E-state index contributed by atoms with van der Waals surface area (Å²) in [5.74, 6) is 0.0650. The van der Waals surface area contributed by atoms with Crippen LogP contribution in [0.25, 0.3) is 5.76 Å². The van der Waals surface area contributed by atoms with Crippen molar-refractivity contribution in [1.29, 1.82) is 0 Å². The number of halogens is 1. The maximum atomic E-state index is 13.7. The molecule has 1 N–H and O–H groups in total. The van der Waals surface area contributed by atoms with Crippen LogP contribution in [-0.2, 0) is 21.8 Å². The van der Waals surface area contributed by atoms with Crippen molar-refractivity contribution >= 4 is 57.3 Å². The van der Waals surface area contributed by atoms with E-state index >= 15 is 0 Å². The Morgan fingerprint density at radius 3 is 2.79 bits per heavy atom. The number of anilines is 1. The number of hydrogen-bond donors (Lipinski definition) is 1. The number of nitrogens with zero attached hydrogens (tertiary/aromatic N) is 3. The van der Waals surface area contributed by atoms with E-state index < -0.39 is 17.7 Å². The molecule has 0 bridgehead atoms. The number of ether oxygens (including phenoxy) is 2. The number of hydrogen-bond acceptors (Lipinski definition) is 9. The van der Waals surface area contributed by atoms with Gasteiger partial charge in [0.05, 0.1) is 18.2 Å². The van der Waals surface area contributed by atoms with Crippen LogP contribution in [0.5, 0.6) is 11.5 Å². The van der Waals surface area contributed by atoms with Crippen LogP contribution in [0.1, 0.15) is 48.6 Å². The first kappa shape index (κ1) is 29.2. The molecule has 0 unspecified atom stereocenters. The fourth-order valence-electron chi connectivity index (χ4n) is 5.18. The number of aliphatic hydroxyl groups excluding tert-OH is 1. The third-order valence-corrected chi connectivity index (χ3v) is 9.64. The van der Waals surface area contributed by atoms with E-state index in [1.54, 1.807) is 24.3 Å². The van der Waals surface area contributed by atoms with Gasteiger partial charge in [-0.2, -0.15) is 0 Å². The Bertz CT molecular complexity index is 1740. The molecule has 0 spiro atoms. The Morgan fingerprint density at radius 1 is 1.14 bits per heavy atom. The molecule has 2 aliphatic rings. The third-order valence-electron chi connectivity index (χ3n) is 7.17. The van der Waals surface area contributed by atoms with Gasteiger partial charge in [-0.3, -0.25) is 14.5 Å². The van der Waals surface area contributed by atoms with Gasteiger partial charge >= 0.3 is 5.91 Å². The van der Waals surface area contributed by atoms with E-state index in [-0.39, 0.29) is 22.6 Å². The van der Waals surface area contributed by atoms with Gasteiger partial charge in [-0.1, -0.05) is 72.0 Å². The van der Waals surface area contributed by atoms with Crippen LogP contribution in [0.3, 0.4) is 0 Å². The minimum Gasteiger partial charge on any atom is -0.507 e. The molecule has 2 aliphatic heterocycles. The number of carbonyl (C=O) groups is 2. The summed E-state index contributed by atoms with van der Waals surface area (Å²) in [6, 6.07) is 19.1. The van der Waals surface area contributed by atoms with E-state index in [1.807, 2.05) is 56.3 Å². The molecule has 1 aromatic heterocycles. The van der Waals surface area contributed by atoms with E-state index in [4.69, 9.17) is 21.1 Å². The lowest BCUT2D eigenvalue weighted by atomic mass is 9.94. The summed E-state index contributed by atoms with van der Waals surface area (Å²) in [4.78, 5) is 28.6. The predicted molar refractivity (Wildman–Crippen MR) is 168 cm³/mol. The number of benzene rings is 3. The van der Waals surface area contributed by atoms with Crippen LogP contribution in [0.4, 0.5) is 5.13 Å². The summed E-state index contributed by atoms with van der Waals surface area (Å²) in [6.45, 7) is 4.50. The summed E-state index contributed by atoms with van der Waals surface area (Å²) in [6.07, 6.45) is 1.53. The van der Waals surface area contributed by atoms with Crippen LogP contribution in [0.2, 0.25) is 5.02 Å². The van der Waals surface area contributed by atoms with Crippen molar-refractivity contribution < 1.29 is 24.2 Å². The van der Waals surface area contributed by atoms with Gasteiger partial charge < -0.3 is 14.6 Å². The number of ketones is 1. The largest absolute Gasteiger partial charge is 0.507 e. The van der Waals surface area contributed by atoms with Crippen molar-refractivity contribution in [2.45, 2.75) is 48.9 Å². The molecule has 1 amide bonds. The number of thioether (sulfide) groups is 1. The highest BCUT2D eigenvalue weighted by molar-refractivity contribution is 8.00. The van der Waals surface area contributed by atoms with Crippen molar-refractivity contribution in [3.05, 3.63) is 99.6 Å². The molecule has 11 heteroatoms. The zero-order valence-electron chi connectivity index (χ0n) is 23.5. The van der Waals surface area contributed by atoms with Crippen molar-refractivity contribution in [2.24, 2.45) is 0 Å². The van der Waals surface area contributed by atoms with E-state index in [0.717, 1.165) is 23.3 Å². The number of aliphatic hydroxyl groups is 1. The summed E-state index contributed by atoms with van der Waals surface area (Å²) in [5, 5.41) is 21.1. The maximum Gasteiger partial charge on any atom is 0.301 e. The van der Waals surface area contributed by atoms with Crippen molar-refractivity contribution in [1.82, 2.24) is 10.2 Å². The van der Waals surface area contributed by atoms with Gasteiger partial charge in [-0.05, 0) is 66.4 Å². The fourth-order valence-corrected chi connectivity index (χ4v) is 7.33. The molecule has 6 rings (SSSR count). The molecular formula is C32H28ClN3O5S2. The van der Waals surface area contributed by atoms with Gasteiger partial charge in [0.25, 0.3) is 5.78 Å². The number of rotatable bonds is 9. The molecule has 2 atom stereocenters. The number of aromatic nitrogens is 2. The van der Waals surface area contributed by atoms with Gasteiger partial charge in [-0.25, -0.2) is 0 Å². The monoisotopic (exact) mass is 633 g/mol. The normalized spacial score (nSPS) is 19.0. The van der Waals surface area contributed by atoms with Crippen LogP contribution in [-0.4, -0.2) is 39.7 Å². The molecule has 4 aromatic rings. The minimum atomic E-state index is -0.942. The lowest BCUT2D eigenvalue weighted by molar-refractivity contribution is -0.132. The van der Waals surface area contributed by atoms with E-state index in [2.05, 4.69) is 10.2 Å². The number of amides is 1. The average Bonchev–Trinajstić information content (AvgIpc) is 3.70. The Labute approximate surface area is 262 Å². The fraction of sp³-hybridized carbons (Fsp3) is 0.250. The second kappa shape index (κ2) is 12.4. The maximum absolute atomic E-state index is 13.7.